The van der Waals surface area contributed by atoms with E-state index in [1.807, 2.05) is 24.8 Å². The molecule has 0 aliphatic heterocycles. The van der Waals surface area contributed by atoms with Gasteiger partial charge in [-0.2, -0.15) is 0 Å². The van der Waals surface area contributed by atoms with Gasteiger partial charge in [0, 0.05) is 29.7 Å². The van der Waals surface area contributed by atoms with Gasteiger partial charge in [-0.25, -0.2) is 4.98 Å². The van der Waals surface area contributed by atoms with Gasteiger partial charge in [0.25, 0.3) is 0 Å². The molecule has 0 spiro atoms. The molecule has 4 nitrogen and oxygen atoms in total. The molecule has 1 aliphatic rings. The zero-order valence-electron chi connectivity index (χ0n) is 10.6. The lowest BCUT2D eigenvalue weighted by atomic mass is 9.80. The molecule has 0 radical (unpaired) electrons. The Balaban J connectivity index is 1.98. The molecule has 18 heavy (non-hydrogen) atoms. The Morgan fingerprint density at radius 2 is 2.17 bits per heavy atom. The average molecular weight is 242 g/mol. The second kappa shape index (κ2) is 4.44. The van der Waals surface area contributed by atoms with Crippen molar-refractivity contribution in [3.8, 4) is 11.3 Å². The Kier molecular flexibility index (Phi) is 2.78. The Bertz CT molecular complexity index is 542. The summed E-state index contributed by atoms with van der Waals surface area (Å²) < 4.78 is 2.23. The summed E-state index contributed by atoms with van der Waals surface area (Å²) >= 11 is 0. The van der Waals surface area contributed by atoms with Crippen LogP contribution in [0.5, 0.6) is 0 Å². The molecule has 94 valence electrons. The Morgan fingerprint density at radius 3 is 2.83 bits per heavy atom. The summed E-state index contributed by atoms with van der Waals surface area (Å²) in [7, 11) is 0. The van der Waals surface area contributed by atoms with Crippen LogP contribution in [0.15, 0.2) is 31.0 Å². The van der Waals surface area contributed by atoms with Gasteiger partial charge in [0.2, 0.25) is 0 Å². The molecule has 0 saturated heterocycles. The Morgan fingerprint density at radius 1 is 1.33 bits per heavy atom. The quantitative estimate of drug-likeness (QED) is 0.900. The largest absolute Gasteiger partial charge is 0.398 e. The minimum atomic E-state index is 0.482. The highest BCUT2D eigenvalue weighted by molar-refractivity contribution is 5.72. The zero-order chi connectivity index (χ0) is 12.5. The standard InChI is InChI=1S/C14H18N4/c1-10(11-3-2-4-11)18-9-17-8-14(18)12-7-16-6-5-13(12)15/h5-11H,2-4H2,1H3,(H2,15,16). The monoisotopic (exact) mass is 242 g/mol. The van der Waals surface area contributed by atoms with Gasteiger partial charge in [0.15, 0.2) is 0 Å². The van der Waals surface area contributed by atoms with E-state index >= 15 is 0 Å². The van der Waals surface area contributed by atoms with Crippen LogP contribution in [0.3, 0.4) is 0 Å². The molecule has 0 aromatic carbocycles. The van der Waals surface area contributed by atoms with E-state index in [1.54, 1.807) is 6.20 Å². The van der Waals surface area contributed by atoms with Crippen LogP contribution >= 0.6 is 0 Å². The van der Waals surface area contributed by atoms with E-state index < -0.39 is 0 Å². The fourth-order valence-electron chi connectivity index (χ4n) is 2.61. The first-order chi connectivity index (χ1) is 8.77. The molecule has 2 N–H and O–H groups in total. The molecule has 1 atom stereocenters. The van der Waals surface area contributed by atoms with Crippen molar-refractivity contribution >= 4 is 5.69 Å². The Hall–Kier alpha value is -1.84. The second-order valence-electron chi connectivity index (χ2n) is 5.08. The highest BCUT2D eigenvalue weighted by atomic mass is 15.1. The van der Waals surface area contributed by atoms with Gasteiger partial charge in [0.05, 0.1) is 18.2 Å². The van der Waals surface area contributed by atoms with Crippen LogP contribution in [0.25, 0.3) is 11.3 Å². The maximum atomic E-state index is 6.02. The van der Waals surface area contributed by atoms with Crippen LogP contribution in [0.2, 0.25) is 0 Å². The topological polar surface area (TPSA) is 56.7 Å². The molecule has 0 amide bonds. The minimum absolute atomic E-state index is 0.482. The van der Waals surface area contributed by atoms with Gasteiger partial charge in [-0.3, -0.25) is 4.98 Å². The number of pyridine rings is 1. The van der Waals surface area contributed by atoms with E-state index in [4.69, 9.17) is 5.73 Å². The van der Waals surface area contributed by atoms with Crippen molar-refractivity contribution in [3.63, 3.8) is 0 Å². The van der Waals surface area contributed by atoms with E-state index in [2.05, 4.69) is 21.5 Å². The van der Waals surface area contributed by atoms with Crippen LogP contribution < -0.4 is 5.73 Å². The predicted octanol–water partition coefficient (Wildman–Crippen LogP) is 2.89. The lowest BCUT2D eigenvalue weighted by molar-refractivity contribution is 0.223. The van der Waals surface area contributed by atoms with Crippen LogP contribution in [0.4, 0.5) is 5.69 Å². The van der Waals surface area contributed by atoms with Gasteiger partial charge in [-0.1, -0.05) is 6.42 Å². The third-order valence-corrected chi connectivity index (χ3v) is 4.07. The third kappa shape index (κ3) is 1.78. The maximum Gasteiger partial charge on any atom is 0.0953 e. The van der Waals surface area contributed by atoms with E-state index in [1.165, 1.54) is 19.3 Å². The molecule has 1 unspecified atom stereocenters. The SMILES string of the molecule is CC(C1CCC1)n1cncc1-c1cnccc1N. The predicted molar refractivity (Wildman–Crippen MR) is 71.9 cm³/mol. The summed E-state index contributed by atoms with van der Waals surface area (Å²) in [5.74, 6) is 0.774. The molecular weight excluding hydrogens is 224 g/mol. The van der Waals surface area contributed by atoms with Gasteiger partial charge in [-0.05, 0) is 31.7 Å². The van der Waals surface area contributed by atoms with Crippen molar-refractivity contribution in [1.29, 1.82) is 0 Å². The minimum Gasteiger partial charge on any atom is -0.398 e. The fourth-order valence-corrected chi connectivity index (χ4v) is 2.61. The lowest BCUT2D eigenvalue weighted by Gasteiger charge is -2.33. The number of hydrogen-bond acceptors (Lipinski definition) is 3. The van der Waals surface area contributed by atoms with Gasteiger partial charge in [0.1, 0.15) is 0 Å². The summed E-state index contributed by atoms with van der Waals surface area (Å²) in [6.07, 6.45) is 11.3. The normalized spacial score (nSPS) is 17.4. The van der Waals surface area contributed by atoms with Gasteiger partial charge in [-0.15, -0.1) is 0 Å². The number of hydrogen-bond donors (Lipinski definition) is 1. The number of imidazole rings is 1. The fraction of sp³-hybridized carbons (Fsp3) is 0.429. The molecule has 3 rings (SSSR count). The van der Waals surface area contributed by atoms with Crippen LogP contribution in [-0.4, -0.2) is 14.5 Å². The van der Waals surface area contributed by atoms with Crippen molar-refractivity contribution < 1.29 is 0 Å². The number of rotatable bonds is 3. The highest BCUT2D eigenvalue weighted by Crippen LogP contribution is 2.38. The zero-order valence-corrected chi connectivity index (χ0v) is 10.6. The molecule has 1 fully saturated rings. The van der Waals surface area contributed by atoms with E-state index in [0.717, 1.165) is 22.9 Å². The lowest BCUT2D eigenvalue weighted by Crippen LogP contribution is -2.23. The Labute approximate surface area is 107 Å². The van der Waals surface area contributed by atoms with Crippen molar-refractivity contribution in [2.75, 3.05) is 5.73 Å². The number of nitrogens with two attached hydrogens (primary N) is 1. The first-order valence-electron chi connectivity index (χ1n) is 6.49. The second-order valence-corrected chi connectivity index (χ2v) is 5.08. The van der Waals surface area contributed by atoms with E-state index in [-0.39, 0.29) is 0 Å². The summed E-state index contributed by atoms with van der Waals surface area (Å²) in [6, 6.07) is 2.32. The van der Waals surface area contributed by atoms with Crippen LogP contribution in [0, 0.1) is 5.92 Å². The smallest absolute Gasteiger partial charge is 0.0953 e. The van der Waals surface area contributed by atoms with Crippen molar-refractivity contribution in [1.82, 2.24) is 14.5 Å². The molecule has 2 heterocycles. The maximum absolute atomic E-state index is 6.02. The van der Waals surface area contributed by atoms with Crippen molar-refractivity contribution in [3.05, 3.63) is 31.0 Å². The van der Waals surface area contributed by atoms with Crippen LogP contribution in [-0.2, 0) is 0 Å². The molecule has 0 bridgehead atoms. The summed E-state index contributed by atoms with van der Waals surface area (Å²) in [4.78, 5) is 8.44. The van der Waals surface area contributed by atoms with E-state index in [0.29, 0.717) is 6.04 Å². The third-order valence-electron chi connectivity index (χ3n) is 4.07. The average Bonchev–Trinajstić information content (AvgIpc) is 2.76. The summed E-state index contributed by atoms with van der Waals surface area (Å²) in [5, 5.41) is 0. The number of aromatic nitrogens is 3. The van der Waals surface area contributed by atoms with Gasteiger partial charge >= 0.3 is 0 Å². The van der Waals surface area contributed by atoms with Gasteiger partial charge < -0.3 is 10.3 Å². The van der Waals surface area contributed by atoms with E-state index in [9.17, 15) is 0 Å². The molecular formula is C14H18N4. The molecule has 2 aromatic heterocycles. The molecule has 4 heteroatoms. The molecule has 1 aliphatic carbocycles. The van der Waals surface area contributed by atoms with Crippen molar-refractivity contribution in [2.24, 2.45) is 5.92 Å². The molecule has 1 saturated carbocycles. The number of nitrogen functional groups attached to an aromatic ring is 1. The molecule has 2 aromatic rings. The number of anilines is 1. The first-order valence-corrected chi connectivity index (χ1v) is 6.49. The summed E-state index contributed by atoms with van der Waals surface area (Å²) in [6.45, 7) is 2.27. The van der Waals surface area contributed by atoms with Crippen molar-refractivity contribution in [2.45, 2.75) is 32.2 Å². The van der Waals surface area contributed by atoms with Crippen LogP contribution in [0.1, 0.15) is 32.2 Å². The number of nitrogens with zero attached hydrogens (tertiary/aromatic N) is 3. The first kappa shape index (κ1) is 11.3. The highest BCUT2D eigenvalue weighted by Gasteiger charge is 2.26. The summed E-state index contributed by atoms with van der Waals surface area (Å²) in [5.41, 5.74) is 8.82.